The number of carbonyl (C=O) groups excluding carboxylic acids is 1. The number of piperazine rings is 1. The lowest BCUT2D eigenvalue weighted by Crippen LogP contribution is -2.56. The SMILES string of the molecule is C=CCOC(=O)N1CCN(c2nc(SC)nc3c2CC[C@@]2(CCc4c(Cl)cccc42)[C@H]3F)C[C@@H]1CC#N. The summed E-state index contributed by atoms with van der Waals surface area (Å²) in [4.78, 5) is 25.7. The molecule has 194 valence electrons. The molecule has 10 heteroatoms. The molecule has 0 N–H and O–H groups in total. The van der Waals surface area contributed by atoms with Crippen molar-refractivity contribution in [3.05, 3.63) is 58.3 Å². The second kappa shape index (κ2) is 10.5. The van der Waals surface area contributed by atoms with Crippen molar-refractivity contribution in [1.29, 1.82) is 5.26 Å². The fourth-order valence-electron chi connectivity index (χ4n) is 6.07. The van der Waals surface area contributed by atoms with E-state index in [9.17, 15) is 10.1 Å². The summed E-state index contributed by atoms with van der Waals surface area (Å²) in [6.45, 7) is 4.99. The second-order valence-electron chi connectivity index (χ2n) is 9.70. The Morgan fingerprint density at radius 2 is 2.14 bits per heavy atom. The number of thioether (sulfide) groups is 1. The van der Waals surface area contributed by atoms with Gasteiger partial charge in [0.25, 0.3) is 0 Å². The molecule has 3 aliphatic rings. The molecule has 2 aromatic rings. The first-order valence-corrected chi connectivity index (χ1v) is 14.1. The Labute approximate surface area is 225 Å². The minimum Gasteiger partial charge on any atom is -0.445 e. The maximum Gasteiger partial charge on any atom is 0.410 e. The smallest absolute Gasteiger partial charge is 0.410 e. The van der Waals surface area contributed by atoms with E-state index in [-0.39, 0.29) is 19.1 Å². The third kappa shape index (κ3) is 4.44. The molecule has 1 amide bonds. The van der Waals surface area contributed by atoms with Crippen LogP contribution in [0.3, 0.4) is 0 Å². The average molecular weight is 542 g/mol. The predicted octanol–water partition coefficient (Wildman–Crippen LogP) is 5.42. The molecule has 7 nitrogen and oxygen atoms in total. The molecule has 1 fully saturated rings. The highest BCUT2D eigenvalue weighted by Gasteiger charge is 2.51. The van der Waals surface area contributed by atoms with Crippen LogP contribution >= 0.6 is 23.4 Å². The Kier molecular flexibility index (Phi) is 7.32. The molecule has 37 heavy (non-hydrogen) atoms. The molecule has 0 unspecified atom stereocenters. The number of alkyl halides is 1. The lowest BCUT2D eigenvalue weighted by Gasteiger charge is -2.43. The van der Waals surface area contributed by atoms with Gasteiger partial charge in [0.15, 0.2) is 11.3 Å². The van der Waals surface area contributed by atoms with Gasteiger partial charge in [-0.05, 0) is 49.1 Å². The molecule has 1 spiro atoms. The Morgan fingerprint density at radius 1 is 1.35 bits per heavy atom. The van der Waals surface area contributed by atoms with Gasteiger partial charge in [0.1, 0.15) is 12.4 Å². The number of carbonyl (C=O) groups is 1. The number of hydrogen-bond acceptors (Lipinski definition) is 7. The van der Waals surface area contributed by atoms with Gasteiger partial charge in [-0.25, -0.2) is 19.2 Å². The van der Waals surface area contributed by atoms with Gasteiger partial charge < -0.3 is 14.5 Å². The predicted molar refractivity (Wildman–Crippen MR) is 142 cm³/mol. The molecule has 1 aromatic carbocycles. The summed E-state index contributed by atoms with van der Waals surface area (Å²) >= 11 is 7.86. The van der Waals surface area contributed by atoms with Crippen molar-refractivity contribution in [3.8, 4) is 6.07 Å². The summed E-state index contributed by atoms with van der Waals surface area (Å²) in [5.74, 6) is 0.707. The third-order valence-corrected chi connectivity index (χ3v) is 8.77. The van der Waals surface area contributed by atoms with E-state index in [2.05, 4.69) is 22.5 Å². The highest BCUT2D eigenvalue weighted by molar-refractivity contribution is 7.98. The number of rotatable bonds is 5. The summed E-state index contributed by atoms with van der Waals surface area (Å²) < 4.78 is 21.8. The van der Waals surface area contributed by atoms with Crippen LogP contribution in [-0.2, 0) is 23.0 Å². The number of nitrogens with zero attached hydrogens (tertiary/aromatic N) is 5. The monoisotopic (exact) mass is 541 g/mol. The van der Waals surface area contributed by atoms with Crippen LogP contribution in [0.25, 0.3) is 0 Å². The van der Waals surface area contributed by atoms with Crippen LogP contribution in [0.4, 0.5) is 15.0 Å². The Hall–Kier alpha value is -2.83. The van der Waals surface area contributed by atoms with Crippen molar-refractivity contribution >= 4 is 35.3 Å². The zero-order chi connectivity index (χ0) is 26.2. The van der Waals surface area contributed by atoms with Crippen LogP contribution in [0.1, 0.15) is 47.8 Å². The van der Waals surface area contributed by atoms with Gasteiger partial charge in [0.2, 0.25) is 0 Å². The molecule has 5 rings (SSSR count). The minimum absolute atomic E-state index is 0.114. The largest absolute Gasteiger partial charge is 0.445 e. The van der Waals surface area contributed by atoms with Crippen LogP contribution < -0.4 is 4.90 Å². The van der Waals surface area contributed by atoms with Gasteiger partial charge in [0.05, 0.1) is 24.2 Å². The molecule has 1 aliphatic heterocycles. The summed E-state index contributed by atoms with van der Waals surface area (Å²) in [5, 5.41) is 10.6. The first-order chi connectivity index (χ1) is 17.9. The number of amides is 1. The summed E-state index contributed by atoms with van der Waals surface area (Å²) in [5.41, 5.74) is 2.70. The van der Waals surface area contributed by atoms with E-state index in [0.29, 0.717) is 60.6 Å². The van der Waals surface area contributed by atoms with E-state index in [1.807, 2.05) is 24.5 Å². The van der Waals surface area contributed by atoms with Crippen LogP contribution in [0.15, 0.2) is 36.0 Å². The molecular weight excluding hydrogens is 513 g/mol. The number of aromatic nitrogens is 2. The lowest BCUT2D eigenvalue weighted by molar-refractivity contribution is 0.0905. The number of halogens is 2. The Bertz CT molecular complexity index is 1270. The maximum absolute atomic E-state index is 16.6. The quantitative estimate of drug-likeness (QED) is 0.284. The van der Waals surface area contributed by atoms with E-state index in [0.717, 1.165) is 23.1 Å². The normalized spacial score (nSPS) is 24.4. The number of benzene rings is 1. The van der Waals surface area contributed by atoms with Crippen molar-refractivity contribution in [2.75, 3.05) is 37.4 Å². The molecule has 0 bridgehead atoms. The number of hydrogen-bond donors (Lipinski definition) is 0. The van der Waals surface area contributed by atoms with E-state index in [1.54, 1.807) is 4.90 Å². The molecule has 1 saturated heterocycles. The number of anilines is 1. The standard InChI is InChI=1S/C27H29ClFN5O2S/c1-3-15-36-26(35)34-14-13-33(16-17(34)9-12-30)24-19-8-11-27(23(29)22(19)31-25(32-24)37-2)10-7-18-20(27)5-4-6-21(18)28/h3-6,17,23H,1,7-11,13-16H2,2H3/t17-,23-,27+/m0/s1. The second-order valence-corrected chi connectivity index (χ2v) is 10.9. The number of ether oxygens (including phenoxy) is 1. The van der Waals surface area contributed by atoms with Gasteiger partial charge in [-0.1, -0.05) is 48.2 Å². The van der Waals surface area contributed by atoms with Gasteiger partial charge >= 0.3 is 6.09 Å². The number of nitriles is 1. The van der Waals surface area contributed by atoms with Crippen molar-refractivity contribution in [2.45, 2.75) is 54.9 Å². The van der Waals surface area contributed by atoms with Gasteiger partial charge in [-0.2, -0.15) is 5.26 Å². The van der Waals surface area contributed by atoms with E-state index >= 15 is 4.39 Å². The van der Waals surface area contributed by atoms with Crippen molar-refractivity contribution in [3.63, 3.8) is 0 Å². The molecule has 3 atom stereocenters. The summed E-state index contributed by atoms with van der Waals surface area (Å²) in [6, 6.07) is 7.62. The first-order valence-electron chi connectivity index (χ1n) is 12.5. The highest BCUT2D eigenvalue weighted by atomic mass is 35.5. The maximum atomic E-state index is 16.6. The van der Waals surface area contributed by atoms with E-state index in [1.165, 1.54) is 17.8 Å². The summed E-state index contributed by atoms with van der Waals surface area (Å²) in [6.07, 6.45) is 4.60. The zero-order valence-corrected chi connectivity index (χ0v) is 22.3. The average Bonchev–Trinajstić information content (AvgIpc) is 3.29. The van der Waals surface area contributed by atoms with E-state index < -0.39 is 17.7 Å². The topological polar surface area (TPSA) is 82.3 Å². The van der Waals surface area contributed by atoms with Gasteiger partial charge in [0, 0.05) is 35.6 Å². The van der Waals surface area contributed by atoms with Crippen molar-refractivity contribution in [1.82, 2.24) is 14.9 Å². The van der Waals surface area contributed by atoms with E-state index in [4.69, 9.17) is 21.3 Å². The van der Waals surface area contributed by atoms with Crippen LogP contribution in [0, 0.1) is 11.3 Å². The van der Waals surface area contributed by atoms with Gasteiger partial charge in [-0.3, -0.25) is 0 Å². The third-order valence-electron chi connectivity index (χ3n) is 7.87. The molecule has 1 aromatic heterocycles. The molecule has 0 radical (unpaired) electrons. The molecule has 2 aliphatic carbocycles. The van der Waals surface area contributed by atoms with Crippen LogP contribution in [0.2, 0.25) is 5.02 Å². The zero-order valence-electron chi connectivity index (χ0n) is 20.8. The highest BCUT2D eigenvalue weighted by Crippen LogP contribution is 2.56. The van der Waals surface area contributed by atoms with Crippen LogP contribution in [-0.4, -0.2) is 59.5 Å². The fourth-order valence-corrected chi connectivity index (χ4v) is 6.71. The Balaban J connectivity index is 1.48. The van der Waals surface area contributed by atoms with Gasteiger partial charge in [-0.15, -0.1) is 0 Å². The molecular formula is C27H29ClFN5O2S. The minimum atomic E-state index is -1.27. The summed E-state index contributed by atoms with van der Waals surface area (Å²) in [7, 11) is 0. The first kappa shape index (κ1) is 25.8. The van der Waals surface area contributed by atoms with Crippen molar-refractivity contribution in [2.24, 2.45) is 0 Å². The number of fused-ring (bicyclic) bond motifs is 3. The molecule has 0 saturated carbocycles. The molecule has 2 heterocycles. The van der Waals surface area contributed by atoms with Crippen LogP contribution in [0.5, 0.6) is 0 Å². The fraction of sp³-hybridized carbons (Fsp3) is 0.481. The lowest BCUT2D eigenvalue weighted by atomic mass is 9.68. The van der Waals surface area contributed by atoms with Crippen molar-refractivity contribution < 1.29 is 13.9 Å². The Morgan fingerprint density at radius 3 is 2.86 bits per heavy atom.